The van der Waals surface area contributed by atoms with Crippen molar-refractivity contribution in [1.82, 2.24) is 0 Å². The van der Waals surface area contributed by atoms with E-state index in [1.807, 2.05) is 6.92 Å². The number of nitrogens with two attached hydrogens (primary N) is 1. The highest BCUT2D eigenvalue weighted by molar-refractivity contribution is 7.99. The van der Waals surface area contributed by atoms with Gasteiger partial charge in [0.05, 0.1) is 12.9 Å². The summed E-state index contributed by atoms with van der Waals surface area (Å²) in [5, 5.41) is 0. The van der Waals surface area contributed by atoms with Gasteiger partial charge in [-0.2, -0.15) is 11.8 Å². The lowest BCUT2D eigenvalue weighted by atomic mass is 10.2. The Balaban J connectivity index is 3.04. The molecule has 0 aromatic heterocycles. The van der Waals surface area contributed by atoms with Crippen molar-refractivity contribution in [2.75, 3.05) is 18.6 Å². The van der Waals surface area contributed by atoms with E-state index in [0.717, 1.165) is 25.0 Å². The van der Waals surface area contributed by atoms with E-state index in [1.54, 1.807) is 11.8 Å². The van der Waals surface area contributed by atoms with Gasteiger partial charge in [-0.15, -0.1) is 0 Å². The van der Waals surface area contributed by atoms with E-state index >= 15 is 0 Å². The molecule has 1 atom stereocenters. The highest BCUT2D eigenvalue weighted by Crippen LogP contribution is 2.07. The molecule has 0 aliphatic heterocycles. The monoisotopic (exact) mass is 205 g/mol. The van der Waals surface area contributed by atoms with Crippen molar-refractivity contribution in [2.45, 2.75) is 32.2 Å². The quantitative estimate of drug-likeness (QED) is 0.504. The van der Waals surface area contributed by atoms with Crippen LogP contribution in [-0.2, 0) is 9.53 Å². The third kappa shape index (κ3) is 9.70. The van der Waals surface area contributed by atoms with Gasteiger partial charge in [0, 0.05) is 6.04 Å². The predicted molar refractivity (Wildman–Crippen MR) is 56.8 cm³/mol. The van der Waals surface area contributed by atoms with Gasteiger partial charge in [-0.25, -0.2) is 0 Å². The topological polar surface area (TPSA) is 52.3 Å². The Hall–Kier alpha value is -0.220. The first-order valence-corrected chi connectivity index (χ1v) is 5.72. The fraction of sp³-hybridized carbons (Fsp3) is 0.889. The number of carbonyl (C=O) groups is 1. The van der Waals surface area contributed by atoms with Gasteiger partial charge in [0.1, 0.15) is 0 Å². The number of ether oxygens (including phenoxy) is 1. The Labute approximate surface area is 84.4 Å². The zero-order valence-corrected chi connectivity index (χ0v) is 9.23. The first-order valence-electron chi connectivity index (χ1n) is 4.57. The molecule has 3 nitrogen and oxygen atoms in total. The third-order valence-corrected chi connectivity index (χ3v) is 2.66. The molecule has 13 heavy (non-hydrogen) atoms. The van der Waals surface area contributed by atoms with Crippen LogP contribution < -0.4 is 5.73 Å². The lowest BCUT2D eigenvalue weighted by Crippen LogP contribution is -2.14. The fourth-order valence-electron chi connectivity index (χ4n) is 0.885. The smallest absolute Gasteiger partial charge is 0.315 e. The van der Waals surface area contributed by atoms with Crippen molar-refractivity contribution in [1.29, 1.82) is 0 Å². The van der Waals surface area contributed by atoms with Crippen LogP contribution in [-0.4, -0.2) is 30.6 Å². The summed E-state index contributed by atoms with van der Waals surface area (Å²) in [7, 11) is 1.42. The molecule has 0 aliphatic carbocycles. The van der Waals surface area contributed by atoms with Gasteiger partial charge < -0.3 is 10.5 Å². The molecule has 0 heterocycles. The normalized spacial score (nSPS) is 12.5. The molecule has 0 aliphatic rings. The second-order valence-electron chi connectivity index (χ2n) is 3.10. The summed E-state index contributed by atoms with van der Waals surface area (Å²) in [6, 6.07) is 0.297. The van der Waals surface area contributed by atoms with Crippen molar-refractivity contribution in [3.05, 3.63) is 0 Å². The predicted octanol–water partition coefficient (Wildman–Crippen LogP) is 1.41. The van der Waals surface area contributed by atoms with Crippen LogP contribution in [0.25, 0.3) is 0 Å². The number of unbranched alkanes of at least 4 members (excludes halogenated alkanes) is 1. The number of methoxy groups -OCH3 is 1. The van der Waals surface area contributed by atoms with Crippen molar-refractivity contribution in [2.24, 2.45) is 5.73 Å². The Morgan fingerprint density at radius 3 is 2.77 bits per heavy atom. The van der Waals surface area contributed by atoms with Crippen molar-refractivity contribution < 1.29 is 9.53 Å². The van der Waals surface area contributed by atoms with Gasteiger partial charge in [-0.3, -0.25) is 4.79 Å². The molecular weight excluding hydrogens is 186 g/mol. The molecule has 2 N–H and O–H groups in total. The minimum atomic E-state index is -0.141. The lowest BCUT2D eigenvalue weighted by Gasteiger charge is -2.03. The largest absolute Gasteiger partial charge is 0.468 e. The number of rotatable bonds is 7. The van der Waals surface area contributed by atoms with E-state index in [1.165, 1.54) is 7.11 Å². The summed E-state index contributed by atoms with van der Waals surface area (Å²) < 4.78 is 4.52. The number of hydrogen-bond acceptors (Lipinski definition) is 4. The molecule has 4 heteroatoms. The Bertz CT molecular complexity index is 140. The lowest BCUT2D eigenvalue weighted by molar-refractivity contribution is -0.137. The molecule has 0 amide bonds. The Kier molecular flexibility index (Phi) is 8.24. The van der Waals surface area contributed by atoms with E-state index < -0.39 is 0 Å². The maximum atomic E-state index is 10.7. The summed E-state index contributed by atoms with van der Waals surface area (Å²) in [6.07, 6.45) is 3.34. The van der Waals surface area contributed by atoms with Crippen LogP contribution in [0.1, 0.15) is 26.2 Å². The molecule has 0 fully saturated rings. The van der Waals surface area contributed by atoms with E-state index in [4.69, 9.17) is 5.73 Å². The van der Waals surface area contributed by atoms with E-state index in [2.05, 4.69) is 4.74 Å². The zero-order chi connectivity index (χ0) is 10.1. The molecule has 0 bridgehead atoms. The first kappa shape index (κ1) is 12.8. The third-order valence-electron chi connectivity index (χ3n) is 1.65. The molecule has 0 saturated carbocycles. The second kappa shape index (κ2) is 8.38. The number of esters is 1. The minimum absolute atomic E-state index is 0.141. The number of thioether (sulfide) groups is 1. The van der Waals surface area contributed by atoms with Crippen LogP contribution in [0.5, 0.6) is 0 Å². The molecular formula is C9H19NO2S. The molecule has 0 aromatic carbocycles. The van der Waals surface area contributed by atoms with Crippen LogP contribution in [0.2, 0.25) is 0 Å². The molecule has 0 radical (unpaired) electrons. The van der Waals surface area contributed by atoms with Crippen molar-refractivity contribution in [3.8, 4) is 0 Å². The SMILES string of the molecule is COC(=O)CSCCCCC(C)N. The van der Waals surface area contributed by atoms with E-state index in [9.17, 15) is 4.79 Å². The number of hydrogen-bond donors (Lipinski definition) is 1. The van der Waals surface area contributed by atoms with E-state index in [-0.39, 0.29) is 5.97 Å². The standard InChI is InChI=1S/C9H19NO2S/c1-8(10)5-3-4-6-13-7-9(11)12-2/h8H,3-7,10H2,1-2H3. The zero-order valence-electron chi connectivity index (χ0n) is 8.41. The van der Waals surface area contributed by atoms with Crippen molar-refractivity contribution in [3.63, 3.8) is 0 Å². The highest BCUT2D eigenvalue weighted by atomic mass is 32.2. The van der Waals surface area contributed by atoms with Gasteiger partial charge in [0.15, 0.2) is 0 Å². The van der Waals surface area contributed by atoms with Crippen LogP contribution in [0.15, 0.2) is 0 Å². The Morgan fingerprint density at radius 2 is 2.23 bits per heavy atom. The molecule has 0 aromatic rings. The molecule has 0 rings (SSSR count). The molecule has 0 saturated heterocycles. The minimum Gasteiger partial charge on any atom is -0.468 e. The van der Waals surface area contributed by atoms with Crippen molar-refractivity contribution >= 4 is 17.7 Å². The summed E-state index contributed by atoms with van der Waals surface area (Å²) in [4.78, 5) is 10.7. The summed E-state index contributed by atoms with van der Waals surface area (Å²) in [5.74, 6) is 1.34. The molecule has 0 spiro atoms. The van der Waals surface area contributed by atoms with Gasteiger partial charge >= 0.3 is 5.97 Å². The summed E-state index contributed by atoms with van der Waals surface area (Å²) >= 11 is 1.62. The summed E-state index contributed by atoms with van der Waals surface area (Å²) in [5.41, 5.74) is 5.60. The molecule has 78 valence electrons. The average molecular weight is 205 g/mol. The highest BCUT2D eigenvalue weighted by Gasteiger charge is 1.99. The van der Waals surface area contributed by atoms with Crippen LogP contribution in [0.3, 0.4) is 0 Å². The average Bonchev–Trinajstić information content (AvgIpc) is 2.10. The van der Waals surface area contributed by atoms with Gasteiger partial charge in [-0.05, 0) is 25.5 Å². The fourth-order valence-corrected chi connectivity index (χ4v) is 1.72. The second-order valence-corrected chi connectivity index (χ2v) is 4.21. The maximum Gasteiger partial charge on any atom is 0.315 e. The van der Waals surface area contributed by atoms with Gasteiger partial charge in [0.2, 0.25) is 0 Å². The van der Waals surface area contributed by atoms with Crippen LogP contribution >= 0.6 is 11.8 Å². The first-order chi connectivity index (χ1) is 6.16. The van der Waals surface area contributed by atoms with Crippen LogP contribution in [0, 0.1) is 0 Å². The summed E-state index contributed by atoms with van der Waals surface area (Å²) in [6.45, 7) is 2.02. The maximum absolute atomic E-state index is 10.7. The van der Waals surface area contributed by atoms with E-state index in [0.29, 0.717) is 11.8 Å². The van der Waals surface area contributed by atoms with Gasteiger partial charge in [0.25, 0.3) is 0 Å². The van der Waals surface area contributed by atoms with Crippen LogP contribution in [0.4, 0.5) is 0 Å². The van der Waals surface area contributed by atoms with Gasteiger partial charge in [-0.1, -0.05) is 6.42 Å². The molecule has 1 unspecified atom stereocenters. The Morgan fingerprint density at radius 1 is 1.54 bits per heavy atom. The number of carbonyl (C=O) groups excluding carboxylic acids is 1.